The van der Waals surface area contributed by atoms with Crippen LogP contribution in [0.15, 0.2) is 58.5 Å². The summed E-state index contributed by atoms with van der Waals surface area (Å²) in [5.41, 5.74) is 5.20. The fourth-order valence-electron chi connectivity index (χ4n) is 3.07. The number of hydrogen-bond donors (Lipinski definition) is 0. The van der Waals surface area contributed by atoms with Gasteiger partial charge in [-0.15, -0.1) is 11.8 Å². The molecule has 0 fully saturated rings. The molecule has 0 saturated carbocycles. The van der Waals surface area contributed by atoms with Crippen molar-refractivity contribution in [3.63, 3.8) is 0 Å². The van der Waals surface area contributed by atoms with Crippen LogP contribution in [0.4, 0.5) is 0 Å². The van der Waals surface area contributed by atoms with Crippen molar-refractivity contribution in [1.29, 1.82) is 0 Å². The van der Waals surface area contributed by atoms with Gasteiger partial charge < -0.3 is 0 Å². The molecule has 0 amide bonds. The minimum absolute atomic E-state index is 0.539. The van der Waals surface area contributed by atoms with Gasteiger partial charge in [-0.3, -0.25) is 9.56 Å². The summed E-state index contributed by atoms with van der Waals surface area (Å²) in [4.78, 5) is 10.6. The van der Waals surface area contributed by atoms with Crippen LogP contribution < -0.4 is 0 Å². The van der Waals surface area contributed by atoms with Crippen molar-refractivity contribution in [2.24, 2.45) is 4.99 Å². The van der Waals surface area contributed by atoms with Crippen molar-refractivity contribution >= 4 is 29.1 Å². The number of fused-ring (bicyclic) bond motifs is 3. The van der Waals surface area contributed by atoms with Gasteiger partial charge in [0.1, 0.15) is 5.82 Å². The molecule has 1 aliphatic rings. The minimum Gasteiger partial charge on any atom is -0.299 e. The Kier molecular flexibility index (Phi) is 3.94. The van der Waals surface area contributed by atoms with Gasteiger partial charge in [-0.1, -0.05) is 29.8 Å². The van der Waals surface area contributed by atoms with Crippen LogP contribution in [-0.4, -0.2) is 21.5 Å². The summed E-state index contributed by atoms with van der Waals surface area (Å²) in [5.74, 6) is 0.952. The fraction of sp³-hybridized carbons (Fsp3) is 0.158. The Morgan fingerprint density at radius 2 is 1.96 bits per heavy atom. The number of hydrogen-bond acceptors (Lipinski definition) is 3. The molecular formula is C19H16ClN3S. The van der Waals surface area contributed by atoms with E-state index in [1.807, 2.05) is 30.5 Å². The van der Waals surface area contributed by atoms with Gasteiger partial charge in [-0.2, -0.15) is 0 Å². The van der Waals surface area contributed by atoms with Gasteiger partial charge in [0.2, 0.25) is 0 Å². The molecule has 0 radical (unpaired) electrons. The Bertz CT molecular complexity index is 959. The number of aliphatic imine (C=N–C) groups is 1. The summed E-state index contributed by atoms with van der Waals surface area (Å²) in [7, 11) is 0. The molecule has 0 spiro atoms. The average molecular weight is 354 g/mol. The lowest BCUT2D eigenvalue weighted by Crippen LogP contribution is -2.08. The molecular weight excluding hydrogens is 338 g/mol. The summed E-state index contributed by atoms with van der Waals surface area (Å²) in [6.45, 7) is 2.61. The van der Waals surface area contributed by atoms with E-state index in [0.29, 0.717) is 11.6 Å². The van der Waals surface area contributed by atoms with E-state index >= 15 is 0 Å². The standard InChI is InChI=1S/C19H16ClN3S/c1-12-10-21-18-11-22-19(14-5-3-4-6-16(14)20)15-9-13(24-2)7-8-17(15)23(12)18/h3-10H,11H2,1-2H3. The monoisotopic (exact) mass is 353 g/mol. The highest BCUT2D eigenvalue weighted by molar-refractivity contribution is 7.98. The van der Waals surface area contributed by atoms with E-state index in [1.54, 1.807) is 11.8 Å². The number of benzene rings is 2. The first kappa shape index (κ1) is 15.5. The van der Waals surface area contributed by atoms with E-state index < -0.39 is 0 Å². The summed E-state index contributed by atoms with van der Waals surface area (Å²) in [6.07, 6.45) is 3.98. The molecule has 120 valence electrons. The van der Waals surface area contributed by atoms with Crippen LogP contribution in [0.5, 0.6) is 0 Å². The molecule has 24 heavy (non-hydrogen) atoms. The lowest BCUT2D eigenvalue weighted by atomic mass is 10.0. The summed E-state index contributed by atoms with van der Waals surface area (Å²) in [5, 5.41) is 0.716. The number of imidazole rings is 1. The summed E-state index contributed by atoms with van der Waals surface area (Å²) in [6, 6.07) is 14.4. The first-order valence-corrected chi connectivity index (χ1v) is 9.30. The second-order valence-corrected chi connectivity index (χ2v) is 6.97. The molecule has 3 aromatic rings. The molecule has 3 nitrogen and oxygen atoms in total. The van der Waals surface area contributed by atoms with Crippen LogP contribution >= 0.6 is 23.4 Å². The van der Waals surface area contributed by atoms with Crippen LogP contribution in [-0.2, 0) is 6.54 Å². The van der Waals surface area contributed by atoms with Crippen LogP contribution in [0.1, 0.15) is 22.6 Å². The number of nitrogens with zero attached hydrogens (tertiary/aromatic N) is 3. The highest BCUT2D eigenvalue weighted by Gasteiger charge is 2.22. The van der Waals surface area contributed by atoms with Gasteiger partial charge in [-0.05, 0) is 37.4 Å². The third-order valence-electron chi connectivity index (χ3n) is 4.22. The number of aromatic nitrogens is 2. The predicted octanol–water partition coefficient (Wildman–Crippen LogP) is 4.91. The predicted molar refractivity (Wildman–Crippen MR) is 101 cm³/mol. The van der Waals surface area contributed by atoms with Crippen molar-refractivity contribution < 1.29 is 0 Å². The molecule has 0 aliphatic carbocycles. The van der Waals surface area contributed by atoms with E-state index in [2.05, 4.69) is 40.9 Å². The summed E-state index contributed by atoms with van der Waals surface area (Å²) >= 11 is 8.18. The zero-order chi connectivity index (χ0) is 16.7. The van der Waals surface area contributed by atoms with Gasteiger partial charge in [-0.25, -0.2) is 4.98 Å². The molecule has 4 rings (SSSR count). The molecule has 0 bridgehead atoms. The lowest BCUT2D eigenvalue weighted by Gasteiger charge is -2.15. The van der Waals surface area contributed by atoms with Crippen LogP contribution in [0.2, 0.25) is 5.02 Å². The topological polar surface area (TPSA) is 30.2 Å². The first-order chi connectivity index (χ1) is 11.7. The molecule has 1 aliphatic heterocycles. The van der Waals surface area contributed by atoms with Crippen LogP contribution in [0.25, 0.3) is 5.69 Å². The molecule has 0 saturated heterocycles. The Morgan fingerprint density at radius 3 is 2.75 bits per heavy atom. The van der Waals surface area contributed by atoms with E-state index in [-0.39, 0.29) is 0 Å². The Labute approximate surface area is 150 Å². The Balaban J connectivity index is 2.02. The maximum absolute atomic E-state index is 6.46. The van der Waals surface area contributed by atoms with Gasteiger partial charge in [0, 0.05) is 32.9 Å². The van der Waals surface area contributed by atoms with Crippen molar-refractivity contribution in [3.8, 4) is 5.69 Å². The number of rotatable bonds is 2. The molecule has 5 heteroatoms. The van der Waals surface area contributed by atoms with Crippen molar-refractivity contribution in [2.75, 3.05) is 6.26 Å². The minimum atomic E-state index is 0.539. The van der Waals surface area contributed by atoms with Gasteiger partial charge in [0.15, 0.2) is 0 Å². The number of aryl methyl sites for hydroxylation is 1. The highest BCUT2D eigenvalue weighted by Crippen LogP contribution is 2.31. The highest BCUT2D eigenvalue weighted by atomic mass is 35.5. The van der Waals surface area contributed by atoms with E-state index in [1.165, 1.54) is 4.90 Å². The second kappa shape index (κ2) is 6.11. The van der Waals surface area contributed by atoms with E-state index in [4.69, 9.17) is 16.6 Å². The quantitative estimate of drug-likeness (QED) is 0.613. The zero-order valence-corrected chi connectivity index (χ0v) is 15.0. The molecule has 2 aromatic carbocycles. The Hall–Kier alpha value is -2.04. The summed E-state index contributed by atoms with van der Waals surface area (Å²) < 4.78 is 2.19. The molecule has 0 atom stereocenters. The first-order valence-electron chi connectivity index (χ1n) is 7.70. The van der Waals surface area contributed by atoms with Crippen molar-refractivity contribution in [2.45, 2.75) is 18.4 Å². The van der Waals surface area contributed by atoms with Gasteiger partial charge >= 0.3 is 0 Å². The molecule has 0 N–H and O–H groups in total. The van der Waals surface area contributed by atoms with Gasteiger partial charge in [0.25, 0.3) is 0 Å². The van der Waals surface area contributed by atoms with Gasteiger partial charge in [0.05, 0.1) is 17.9 Å². The zero-order valence-electron chi connectivity index (χ0n) is 13.5. The largest absolute Gasteiger partial charge is 0.299 e. The van der Waals surface area contributed by atoms with E-state index in [0.717, 1.165) is 34.0 Å². The third kappa shape index (κ3) is 2.46. The van der Waals surface area contributed by atoms with E-state index in [9.17, 15) is 0 Å². The Morgan fingerprint density at radius 1 is 1.12 bits per heavy atom. The molecule has 0 unspecified atom stereocenters. The van der Waals surface area contributed by atoms with Crippen molar-refractivity contribution in [1.82, 2.24) is 9.55 Å². The SMILES string of the molecule is CSc1ccc2c(c1)C(c1ccccc1Cl)=NCc1ncc(C)n1-2. The molecule has 2 heterocycles. The average Bonchev–Trinajstić information content (AvgIpc) is 2.88. The smallest absolute Gasteiger partial charge is 0.135 e. The second-order valence-electron chi connectivity index (χ2n) is 5.68. The molecule has 1 aromatic heterocycles. The van der Waals surface area contributed by atoms with Crippen molar-refractivity contribution in [3.05, 3.63) is 76.3 Å². The number of halogens is 1. The normalized spacial score (nSPS) is 13.0. The maximum Gasteiger partial charge on any atom is 0.135 e. The maximum atomic E-state index is 6.46. The fourth-order valence-corrected chi connectivity index (χ4v) is 3.74. The lowest BCUT2D eigenvalue weighted by molar-refractivity contribution is 0.862. The third-order valence-corrected chi connectivity index (χ3v) is 5.27. The number of thioether (sulfide) groups is 1. The van der Waals surface area contributed by atoms with Crippen LogP contribution in [0.3, 0.4) is 0 Å². The van der Waals surface area contributed by atoms with Crippen LogP contribution in [0, 0.1) is 6.92 Å².